The summed E-state index contributed by atoms with van der Waals surface area (Å²) in [5, 5.41) is 20.7. The molecule has 3 N–H and O–H groups in total. The van der Waals surface area contributed by atoms with E-state index in [1.54, 1.807) is 0 Å². The molecule has 0 aliphatic heterocycles. The monoisotopic (exact) mass is 251 g/mol. The highest BCUT2D eigenvalue weighted by Gasteiger charge is 2.23. The van der Waals surface area contributed by atoms with Crippen LogP contribution in [0.15, 0.2) is 42.8 Å². The lowest BCUT2D eigenvalue weighted by atomic mass is 10.2. The van der Waals surface area contributed by atoms with E-state index in [2.05, 4.69) is 11.9 Å². The van der Waals surface area contributed by atoms with E-state index in [1.165, 1.54) is 6.92 Å². The number of carboxylic acids is 1. The molecule has 0 saturated heterocycles. The number of ether oxygens (including phenoxy) is 1. The van der Waals surface area contributed by atoms with Crippen LogP contribution < -0.4 is 5.32 Å². The van der Waals surface area contributed by atoms with Gasteiger partial charge in [-0.15, -0.1) is 0 Å². The van der Waals surface area contributed by atoms with Crippen molar-refractivity contribution < 1.29 is 19.7 Å². The molecule has 0 fully saturated rings. The predicted molar refractivity (Wildman–Crippen MR) is 66.6 cm³/mol. The zero-order valence-electron chi connectivity index (χ0n) is 10.2. The Morgan fingerprint density at radius 2 is 2.06 bits per heavy atom. The van der Waals surface area contributed by atoms with E-state index in [0.717, 1.165) is 5.56 Å². The Morgan fingerprint density at radius 1 is 1.44 bits per heavy atom. The van der Waals surface area contributed by atoms with Gasteiger partial charge in [0.15, 0.2) is 11.9 Å². The molecule has 0 spiro atoms. The molecule has 0 aliphatic carbocycles. The summed E-state index contributed by atoms with van der Waals surface area (Å²) in [6.45, 7) is 5.24. The number of hydrogen-bond acceptors (Lipinski definition) is 4. The van der Waals surface area contributed by atoms with Crippen LogP contribution in [0.25, 0.3) is 0 Å². The molecule has 0 aromatic heterocycles. The number of carboxylic acid groups (broad SMARTS) is 1. The number of aliphatic hydroxyl groups is 1. The van der Waals surface area contributed by atoms with Crippen LogP contribution >= 0.6 is 0 Å². The van der Waals surface area contributed by atoms with Crippen molar-refractivity contribution in [3.8, 4) is 0 Å². The fourth-order valence-corrected chi connectivity index (χ4v) is 1.35. The highest BCUT2D eigenvalue weighted by atomic mass is 16.5. The summed E-state index contributed by atoms with van der Waals surface area (Å²) in [4.78, 5) is 10.8. The predicted octanol–water partition coefficient (Wildman–Crippen LogP) is 1.10. The standard InChI is InChI=1S/C13H17NO4/c1-9(15)12(13(16)17)14-10(2)18-8-11-6-4-3-5-7-11/h3-7,9,12,14-15H,2,8H2,1H3,(H,16,17). The average Bonchev–Trinajstić information content (AvgIpc) is 2.34. The second-order valence-electron chi connectivity index (χ2n) is 3.90. The molecule has 2 unspecified atom stereocenters. The summed E-state index contributed by atoms with van der Waals surface area (Å²) in [5.74, 6) is -1.04. The summed E-state index contributed by atoms with van der Waals surface area (Å²) >= 11 is 0. The minimum atomic E-state index is -1.16. The van der Waals surface area contributed by atoms with Gasteiger partial charge in [-0.2, -0.15) is 0 Å². The average molecular weight is 251 g/mol. The molecule has 0 amide bonds. The van der Waals surface area contributed by atoms with Crippen LogP contribution in [0.3, 0.4) is 0 Å². The van der Waals surface area contributed by atoms with Gasteiger partial charge in [0.2, 0.25) is 0 Å². The first-order chi connectivity index (χ1) is 8.50. The normalized spacial score (nSPS) is 13.4. The van der Waals surface area contributed by atoms with Crippen molar-refractivity contribution in [2.24, 2.45) is 0 Å². The molecular formula is C13H17NO4. The van der Waals surface area contributed by atoms with Crippen LogP contribution in [0.5, 0.6) is 0 Å². The Morgan fingerprint density at radius 3 is 2.56 bits per heavy atom. The number of carbonyl (C=O) groups is 1. The maximum atomic E-state index is 10.8. The molecule has 1 aromatic carbocycles. The SMILES string of the molecule is C=C(NC(C(=O)O)C(C)O)OCc1ccccc1. The van der Waals surface area contributed by atoms with Crippen molar-refractivity contribution in [3.63, 3.8) is 0 Å². The second kappa shape index (κ2) is 6.66. The Bertz CT molecular complexity index is 403. The van der Waals surface area contributed by atoms with E-state index >= 15 is 0 Å². The van der Waals surface area contributed by atoms with Gasteiger partial charge in [0, 0.05) is 0 Å². The van der Waals surface area contributed by atoms with Crippen LogP contribution in [0, 0.1) is 0 Å². The lowest BCUT2D eigenvalue weighted by Crippen LogP contribution is -2.44. The van der Waals surface area contributed by atoms with Gasteiger partial charge in [-0.1, -0.05) is 30.3 Å². The third-order valence-electron chi connectivity index (χ3n) is 2.32. The maximum absolute atomic E-state index is 10.8. The Labute approximate surface area is 106 Å². The summed E-state index contributed by atoms with van der Waals surface area (Å²) in [5.41, 5.74) is 0.948. The topological polar surface area (TPSA) is 78.8 Å². The molecule has 98 valence electrons. The van der Waals surface area contributed by atoms with Gasteiger partial charge in [0.05, 0.1) is 6.10 Å². The first-order valence-corrected chi connectivity index (χ1v) is 5.53. The highest BCUT2D eigenvalue weighted by Crippen LogP contribution is 2.04. The molecule has 5 heteroatoms. The van der Waals surface area contributed by atoms with Gasteiger partial charge < -0.3 is 20.3 Å². The molecule has 1 aromatic rings. The van der Waals surface area contributed by atoms with E-state index < -0.39 is 18.1 Å². The van der Waals surface area contributed by atoms with E-state index in [4.69, 9.17) is 9.84 Å². The third kappa shape index (κ3) is 4.47. The fraction of sp³-hybridized carbons (Fsp3) is 0.308. The Hall–Kier alpha value is -2.01. The molecule has 0 aliphatic rings. The minimum absolute atomic E-state index is 0.118. The zero-order chi connectivity index (χ0) is 13.5. The molecule has 1 rings (SSSR count). The van der Waals surface area contributed by atoms with Gasteiger partial charge in [0.1, 0.15) is 6.61 Å². The van der Waals surface area contributed by atoms with Crippen molar-refractivity contribution in [1.29, 1.82) is 0 Å². The molecular weight excluding hydrogens is 234 g/mol. The number of hydrogen-bond donors (Lipinski definition) is 3. The van der Waals surface area contributed by atoms with E-state index in [0.29, 0.717) is 6.61 Å². The van der Waals surface area contributed by atoms with E-state index in [9.17, 15) is 9.90 Å². The third-order valence-corrected chi connectivity index (χ3v) is 2.32. The molecule has 2 atom stereocenters. The summed E-state index contributed by atoms with van der Waals surface area (Å²) < 4.78 is 5.28. The number of nitrogens with one attached hydrogen (secondary N) is 1. The van der Waals surface area contributed by atoms with Crippen LogP contribution in [0.4, 0.5) is 0 Å². The molecule has 5 nitrogen and oxygen atoms in total. The molecule has 0 radical (unpaired) electrons. The quantitative estimate of drug-likeness (QED) is 0.632. The van der Waals surface area contributed by atoms with Crippen LogP contribution in [0.2, 0.25) is 0 Å². The van der Waals surface area contributed by atoms with Crippen LogP contribution in [-0.2, 0) is 16.1 Å². The van der Waals surface area contributed by atoms with Crippen molar-refractivity contribution in [3.05, 3.63) is 48.4 Å². The molecule has 0 saturated carbocycles. The number of rotatable bonds is 7. The van der Waals surface area contributed by atoms with Gasteiger partial charge >= 0.3 is 5.97 Å². The minimum Gasteiger partial charge on any atom is -0.480 e. The lowest BCUT2D eigenvalue weighted by molar-refractivity contribution is -0.142. The summed E-state index contributed by atoms with van der Waals surface area (Å²) in [6, 6.07) is 8.29. The van der Waals surface area contributed by atoms with Crippen molar-refractivity contribution >= 4 is 5.97 Å². The fourth-order valence-electron chi connectivity index (χ4n) is 1.35. The lowest BCUT2D eigenvalue weighted by Gasteiger charge is -2.19. The van der Waals surface area contributed by atoms with Crippen molar-refractivity contribution in [2.45, 2.75) is 25.7 Å². The highest BCUT2D eigenvalue weighted by molar-refractivity contribution is 5.74. The number of aliphatic hydroxyl groups excluding tert-OH is 1. The van der Waals surface area contributed by atoms with E-state index in [1.807, 2.05) is 30.3 Å². The van der Waals surface area contributed by atoms with Crippen molar-refractivity contribution in [2.75, 3.05) is 0 Å². The van der Waals surface area contributed by atoms with Gasteiger partial charge in [0.25, 0.3) is 0 Å². The maximum Gasteiger partial charge on any atom is 0.328 e. The second-order valence-corrected chi connectivity index (χ2v) is 3.90. The summed E-state index contributed by atoms with van der Waals surface area (Å²) in [6.07, 6.45) is -1.04. The largest absolute Gasteiger partial charge is 0.480 e. The summed E-state index contributed by atoms with van der Waals surface area (Å²) in [7, 11) is 0. The van der Waals surface area contributed by atoms with Crippen LogP contribution in [-0.4, -0.2) is 28.3 Å². The van der Waals surface area contributed by atoms with Gasteiger partial charge in [-0.25, -0.2) is 4.79 Å². The molecule has 0 bridgehead atoms. The molecule has 0 heterocycles. The van der Waals surface area contributed by atoms with Crippen molar-refractivity contribution in [1.82, 2.24) is 5.32 Å². The number of benzene rings is 1. The smallest absolute Gasteiger partial charge is 0.328 e. The molecule has 18 heavy (non-hydrogen) atoms. The Kier molecular flexibility index (Phi) is 5.20. The Balaban J connectivity index is 2.44. The zero-order valence-corrected chi connectivity index (χ0v) is 10.2. The van der Waals surface area contributed by atoms with Gasteiger partial charge in [-0.3, -0.25) is 0 Å². The van der Waals surface area contributed by atoms with Crippen LogP contribution in [0.1, 0.15) is 12.5 Å². The number of aliphatic carboxylic acids is 1. The first-order valence-electron chi connectivity index (χ1n) is 5.53. The van der Waals surface area contributed by atoms with Gasteiger partial charge in [-0.05, 0) is 19.1 Å². The van der Waals surface area contributed by atoms with E-state index in [-0.39, 0.29) is 5.88 Å². The first kappa shape index (κ1) is 14.1.